The summed E-state index contributed by atoms with van der Waals surface area (Å²) in [5.41, 5.74) is 0.289. The molecule has 0 bridgehead atoms. The van der Waals surface area contributed by atoms with E-state index in [1.807, 2.05) is 0 Å². The maximum Gasteiger partial charge on any atom is 0.0252 e. The van der Waals surface area contributed by atoms with Crippen LogP contribution in [0.4, 0.5) is 0 Å². The molecule has 1 N–H and O–H groups in total. The monoisotopic (exact) mass is 226 g/mol. The van der Waals surface area contributed by atoms with Crippen molar-refractivity contribution in [1.29, 1.82) is 0 Å². The first-order valence-electron chi connectivity index (χ1n) is 6.99. The third kappa shape index (κ3) is 3.74. The fraction of sp³-hybridized carbons (Fsp3) is 1.00. The molecule has 1 heterocycles. The van der Waals surface area contributed by atoms with Crippen molar-refractivity contribution in [3.8, 4) is 0 Å². The van der Waals surface area contributed by atoms with Gasteiger partial charge in [-0.25, -0.2) is 0 Å². The lowest BCUT2D eigenvalue weighted by atomic mass is 9.90. The average Bonchev–Trinajstić information content (AvgIpc) is 2.24. The van der Waals surface area contributed by atoms with Crippen LogP contribution in [0, 0.1) is 5.92 Å². The number of nitrogens with zero attached hydrogens (tertiary/aromatic N) is 1. The third-order valence-electron chi connectivity index (χ3n) is 3.96. The second-order valence-corrected chi connectivity index (χ2v) is 6.04. The number of hydrogen-bond donors (Lipinski definition) is 1. The lowest BCUT2D eigenvalue weighted by molar-refractivity contribution is 0.0626. The maximum atomic E-state index is 3.69. The Morgan fingerprint density at radius 3 is 2.62 bits per heavy atom. The zero-order valence-corrected chi connectivity index (χ0v) is 11.8. The number of piperazine rings is 1. The van der Waals surface area contributed by atoms with Gasteiger partial charge in [0.2, 0.25) is 0 Å². The molecule has 1 rings (SSSR count). The zero-order chi connectivity index (χ0) is 12.2. The van der Waals surface area contributed by atoms with Crippen molar-refractivity contribution in [3.05, 3.63) is 0 Å². The summed E-state index contributed by atoms with van der Waals surface area (Å²) in [5.74, 6) is 0.806. The van der Waals surface area contributed by atoms with Gasteiger partial charge in [-0.1, -0.05) is 33.6 Å². The van der Waals surface area contributed by atoms with E-state index >= 15 is 0 Å². The minimum Gasteiger partial charge on any atom is -0.309 e. The van der Waals surface area contributed by atoms with E-state index < -0.39 is 0 Å². The quantitative estimate of drug-likeness (QED) is 0.775. The van der Waals surface area contributed by atoms with Gasteiger partial charge in [0.05, 0.1) is 0 Å². The van der Waals surface area contributed by atoms with E-state index in [1.165, 1.54) is 32.4 Å². The van der Waals surface area contributed by atoms with Gasteiger partial charge in [0.1, 0.15) is 0 Å². The molecule has 0 radical (unpaired) electrons. The van der Waals surface area contributed by atoms with Gasteiger partial charge in [0.25, 0.3) is 0 Å². The van der Waals surface area contributed by atoms with Crippen molar-refractivity contribution < 1.29 is 0 Å². The predicted molar refractivity (Wildman–Crippen MR) is 71.8 cm³/mol. The summed E-state index contributed by atoms with van der Waals surface area (Å²) in [5, 5.41) is 3.69. The van der Waals surface area contributed by atoms with Gasteiger partial charge in [-0.15, -0.1) is 0 Å². The van der Waals surface area contributed by atoms with Crippen LogP contribution in [0.25, 0.3) is 0 Å². The Morgan fingerprint density at radius 1 is 1.38 bits per heavy atom. The minimum atomic E-state index is 0.289. The molecule has 2 nitrogen and oxygen atoms in total. The number of nitrogens with one attached hydrogen (secondary N) is 1. The van der Waals surface area contributed by atoms with Gasteiger partial charge in [0, 0.05) is 24.7 Å². The normalized spacial score (nSPS) is 27.9. The molecule has 0 aliphatic carbocycles. The summed E-state index contributed by atoms with van der Waals surface area (Å²) >= 11 is 0. The second-order valence-electron chi connectivity index (χ2n) is 6.04. The number of rotatable bonds is 5. The van der Waals surface area contributed by atoms with Crippen molar-refractivity contribution >= 4 is 0 Å². The first-order chi connectivity index (χ1) is 7.50. The van der Waals surface area contributed by atoms with Crippen molar-refractivity contribution in [1.82, 2.24) is 10.2 Å². The SMILES string of the molecule is CCCCN1CC(C)(C)NCC1C(C)CC. The van der Waals surface area contributed by atoms with E-state index in [0.29, 0.717) is 0 Å². The van der Waals surface area contributed by atoms with Gasteiger partial charge in [-0.2, -0.15) is 0 Å². The molecule has 96 valence electrons. The van der Waals surface area contributed by atoms with Crippen molar-refractivity contribution in [2.45, 2.75) is 65.5 Å². The molecule has 0 aromatic carbocycles. The maximum absolute atomic E-state index is 3.69. The molecular formula is C14H30N2. The lowest BCUT2D eigenvalue weighted by Gasteiger charge is -2.47. The van der Waals surface area contributed by atoms with Crippen LogP contribution in [0.3, 0.4) is 0 Å². The summed E-state index contributed by atoms with van der Waals surface area (Å²) < 4.78 is 0. The summed E-state index contributed by atoms with van der Waals surface area (Å²) in [4.78, 5) is 2.72. The van der Waals surface area contributed by atoms with E-state index in [9.17, 15) is 0 Å². The molecule has 0 spiro atoms. The van der Waals surface area contributed by atoms with E-state index in [4.69, 9.17) is 0 Å². The molecule has 1 saturated heterocycles. The topological polar surface area (TPSA) is 15.3 Å². The summed E-state index contributed by atoms with van der Waals surface area (Å²) in [6, 6.07) is 0.740. The molecule has 1 aliphatic heterocycles. The summed E-state index contributed by atoms with van der Waals surface area (Å²) in [6.07, 6.45) is 3.93. The Bertz CT molecular complexity index is 201. The van der Waals surface area contributed by atoms with Gasteiger partial charge in [-0.05, 0) is 32.7 Å². The van der Waals surface area contributed by atoms with Crippen LogP contribution in [0.2, 0.25) is 0 Å². The molecule has 16 heavy (non-hydrogen) atoms. The van der Waals surface area contributed by atoms with Gasteiger partial charge < -0.3 is 5.32 Å². The molecule has 0 saturated carbocycles. The van der Waals surface area contributed by atoms with E-state index in [1.54, 1.807) is 0 Å². The molecule has 2 heteroatoms. The molecule has 1 aliphatic rings. The molecule has 2 unspecified atom stereocenters. The van der Waals surface area contributed by atoms with Gasteiger partial charge >= 0.3 is 0 Å². The van der Waals surface area contributed by atoms with E-state index in [-0.39, 0.29) is 5.54 Å². The van der Waals surface area contributed by atoms with Crippen LogP contribution in [0.15, 0.2) is 0 Å². The molecule has 1 fully saturated rings. The second kappa shape index (κ2) is 6.02. The highest BCUT2D eigenvalue weighted by Gasteiger charge is 2.33. The average molecular weight is 226 g/mol. The summed E-state index contributed by atoms with van der Waals surface area (Å²) in [6.45, 7) is 15.2. The molecule has 0 amide bonds. The van der Waals surface area contributed by atoms with E-state index in [0.717, 1.165) is 18.5 Å². The van der Waals surface area contributed by atoms with E-state index in [2.05, 4.69) is 44.8 Å². The standard InChI is InChI=1S/C14H30N2/c1-6-8-9-16-11-14(4,5)15-10-13(16)12(3)7-2/h12-13,15H,6-11H2,1-5H3. The Morgan fingerprint density at radius 2 is 2.06 bits per heavy atom. The van der Waals surface area contributed by atoms with Gasteiger partial charge in [-0.3, -0.25) is 4.90 Å². The highest BCUT2D eigenvalue weighted by atomic mass is 15.2. The molecule has 0 aromatic heterocycles. The minimum absolute atomic E-state index is 0.289. The van der Waals surface area contributed by atoms with Gasteiger partial charge in [0.15, 0.2) is 0 Å². The summed E-state index contributed by atoms with van der Waals surface area (Å²) in [7, 11) is 0. The Balaban J connectivity index is 2.60. The highest BCUT2D eigenvalue weighted by molar-refractivity contribution is 4.93. The van der Waals surface area contributed by atoms with Crippen LogP contribution in [0.5, 0.6) is 0 Å². The first kappa shape index (κ1) is 14.0. The van der Waals surface area contributed by atoms with Crippen LogP contribution in [-0.2, 0) is 0 Å². The number of unbranched alkanes of at least 4 members (excludes halogenated alkanes) is 1. The molecular weight excluding hydrogens is 196 g/mol. The van der Waals surface area contributed by atoms with Crippen LogP contribution < -0.4 is 5.32 Å². The largest absolute Gasteiger partial charge is 0.309 e. The highest BCUT2D eigenvalue weighted by Crippen LogP contribution is 2.22. The van der Waals surface area contributed by atoms with Crippen molar-refractivity contribution in [2.24, 2.45) is 5.92 Å². The Hall–Kier alpha value is -0.0800. The first-order valence-corrected chi connectivity index (χ1v) is 6.99. The third-order valence-corrected chi connectivity index (χ3v) is 3.96. The predicted octanol–water partition coefficient (Wildman–Crippen LogP) is 2.89. The molecule has 0 aromatic rings. The van der Waals surface area contributed by atoms with Crippen LogP contribution in [0.1, 0.15) is 53.9 Å². The van der Waals surface area contributed by atoms with Crippen molar-refractivity contribution in [2.75, 3.05) is 19.6 Å². The smallest absolute Gasteiger partial charge is 0.0252 e. The zero-order valence-electron chi connectivity index (χ0n) is 11.8. The Labute approximate surface area is 102 Å². The Kier molecular flexibility index (Phi) is 5.26. The lowest BCUT2D eigenvalue weighted by Crippen LogP contribution is -2.63. The van der Waals surface area contributed by atoms with Crippen LogP contribution in [-0.4, -0.2) is 36.1 Å². The fourth-order valence-corrected chi connectivity index (χ4v) is 2.63. The molecule has 2 atom stereocenters. The fourth-order valence-electron chi connectivity index (χ4n) is 2.63. The number of hydrogen-bond acceptors (Lipinski definition) is 2. The van der Waals surface area contributed by atoms with Crippen LogP contribution >= 0.6 is 0 Å². The van der Waals surface area contributed by atoms with Crippen molar-refractivity contribution in [3.63, 3.8) is 0 Å².